The van der Waals surface area contributed by atoms with E-state index in [1.54, 1.807) is 33.9 Å². The van der Waals surface area contributed by atoms with E-state index < -0.39 is 16.1 Å². The van der Waals surface area contributed by atoms with Gasteiger partial charge < -0.3 is 14.8 Å². The fourth-order valence-electron chi connectivity index (χ4n) is 4.25. The van der Waals surface area contributed by atoms with Crippen molar-refractivity contribution in [3.05, 3.63) is 65.3 Å². The van der Waals surface area contributed by atoms with Gasteiger partial charge in [-0.25, -0.2) is 13.6 Å². The van der Waals surface area contributed by atoms with Crippen LogP contribution < -0.4 is 10.5 Å². The molecule has 3 N–H and O–H groups in total. The summed E-state index contributed by atoms with van der Waals surface area (Å²) in [4.78, 5) is 27.1. The molecule has 1 aliphatic rings. The first-order chi connectivity index (χ1) is 15.8. The molecule has 8 nitrogen and oxygen atoms in total. The first-order valence-electron chi connectivity index (χ1n) is 10.7. The number of rotatable bonds is 6. The van der Waals surface area contributed by atoms with Gasteiger partial charge in [0.1, 0.15) is 6.04 Å². The minimum absolute atomic E-state index is 0.0145. The van der Waals surface area contributed by atoms with Gasteiger partial charge in [-0.2, -0.15) is 0 Å². The Balaban J connectivity index is 1.73. The average molecular weight is 489 g/mol. The molecule has 2 amide bonds. The number of carbonyl (C=O) groups excluding carboxylic acids is 2. The van der Waals surface area contributed by atoms with E-state index in [2.05, 4.69) is 5.32 Å². The van der Waals surface area contributed by atoms with Crippen LogP contribution >= 0.6 is 11.6 Å². The number of nitrogens with zero attached hydrogens (tertiary/aromatic N) is 2. The van der Waals surface area contributed by atoms with Gasteiger partial charge in [-0.1, -0.05) is 35.9 Å². The molecule has 2 heterocycles. The molecule has 174 valence electrons. The van der Waals surface area contributed by atoms with E-state index in [0.717, 1.165) is 5.56 Å². The number of aryl methyl sites for hydroxylation is 1. The second kappa shape index (κ2) is 9.54. The predicted molar refractivity (Wildman–Crippen MR) is 126 cm³/mol. The lowest BCUT2D eigenvalue weighted by Crippen LogP contribution is -2.39. The number of aromatic nitrogens is 1. The summed E-state index contributed by atoms with van der Waals surface area (Å²) in [7, 11) is -3.93. The van der Waals surface area contributed by atoms with Gasteiger partial charge in [0.25, 0.3) is 0 Å². The number of hydrogen-bond donors (Lipinski definition) is 2. The molecule has 0 radical (unpaired) electrons. The molecule has 2 aromatic carbocycles. The van der Waals surface area contributed by atoms with Crippen LogP contribution in [0.5, 0.6) is 0 Å². The molecule has 1 fully saturated rings. The Kier molecular flexibility index (Phi) is 6.73. The number of hydrogen-bond acceptors (Lipinski definition) is 4. The Morgan fingerprint density at radius 2 is 1.91 bits per heavy atom. The van der Waals surface area contributed by atoms with Crippen molar-refractivity contribution in [2.24, 2.45) is 5.14 Å². The SMILES string of the molecule is NS(=O)(=O)c1cccc2c1ccn2C(CCc1ccccc1Cl)C(=O)N1CCNC(=O)CC1. The van der Waals surface area contributed by atoms with Crippen LogP contribution in [0.25, 0.3) is 10.9 Å². The predicted octanol–water partition coefficient (Wildman–Crippen LogP) is 2.46. The zero-order chi connectivity index (χ0) is 23.6. The third kappa shape index (κ3) is 5.05. The Labute approximate surface area is 197 Å². The lowest BCUT2D eigenvalue weighted by atomic mass is 10.0. The summed E-state index contributed by atoms with van der Waals surface area (Å²) in [5, 5.41) is 9.27. The number of primary sulfonamides is 1. The maximum absolute atomic E-state index is 13.7. The summed E-state index contributed by atoms with van der Waals surface area (Å²) in [5.41, 5.74) is 1.52. The van der Waals surface area contributed by atoms with Crippen LogP contribution in [0.4, 0.5) is 0 Å². The van der Waals surface area contributed by atoms with Crippen molar-refractivity contribution in [1.29, 1.82) is 0 Å². The van der Waals surface area contributed by atoms with Crippen LogP contribution in [-0.2, 0) is 26.0 Å². The highest BCUT2D eigenvalue weighted by molar-refractivity contribution is 7.89. The van der Waals surface area contributed by atoms with E-state index in [9.17, 15) is 18.0 Å². The summed E-state index contributed by atoms with van der Waals surface area (Å²) >= 11 is 6.34. The fourth-order valence-corrected chi connectivity index (χ4v) is 5.23. The topological polar surface area (TPSA) is 114 Å². The molecule has 0 bridgehead atoms. The number of benzene rings is 2. The zero-order valence-corrected chi connectivity index (χ0v) is 19.5. The highest BCUT2D eigenvalue weighted by atomic mass is 35.5. The second-order valence-corrected chi connectivity index (χ2v) is 9.97. The third-order valence-electron chi connectivity index (χ3n) is 5.92. The van der Waals surface area contributed by atoms with E-state index in [4.69, 9.17) is 16.7 Å². The van der Waals surface area contributed by atoms with Crippen molar-refractivity contribution < 1.29 is 18.0 Å². The van der Waals surface area contributed by atoms with Gasteiger partial charge in [0.05, 0.1) is 10.4 Å². The molecule has 1 atom stereocenters. The van der Waals surface area contributed by atoms with Gasteiger partial charge in [-0.05, 0) is 42.7 Å². The quantitative estimate of drug-likeness (QED) is 0.554. The van der Waals surface area contributed by atoms with Crippen LogP contribution in [0.2, 0.25) is 5.02 Å². The molecule has 10 heteroatoms. The average Bonchev–Trinajstić information content (AvgIpc) is 3.08. The Bertz CT molecular complexity index is 1300. The summed E-state index contributed by atoms with van der Waals surface area (Å²) < 4.78 is 25.9. The van der Waals surface area contributed by atoms with Crippen molar-refractivity contribution in [2.45, 2.75) is 30.2 Å². The van der Waals surface area contributed by atoms with Gasteiger partial charge in [-0.3, -0.25) is 9.59 Å². The van der Waals surface area contributed by atoms with Crippen LogP contribution in [0.3, 0.4) is 0 Å². The van der Waals surface area contributed by atoms with Gasteiger partial charge in [0, 0.05) is 42.7 Å². The minimum atomic E-state index is -3.93. The molecule has 1 unspecified atom stereocenters. The first-order valence-corrected chi connectivity index (χ1v) is 12.6. The minimum Gasteiger partial charge on any atom is -0.354 e. The van der Waals surface area contributed by atoms with Crippen LogP contribution in [0.15, 0.2) is 59.6 Å². The molecule has 1 saturated heterocycles. The number of amides is 2. The maximum atomic E-state index is 13.7. The van der Waals surface area contributed by atoms with E-state index >= 15 is 0 Å². The van der Waals surface area contributed by atoms with Crippen LogP contribution in [0, 0.1) is 0 Å². The number of nitrogens with one attached hydrogen (secondary N) is 1. The maximum Gasteiger partial charge on any atom is 0.245 e. The van der Waals surface area contributed by atoms with Crippen LogP contribution in [-0.4, -0.2) is 49.3 Å². The van der Waals surface area contributed by atoms with E-state index in [1.807, 2.05) is 24.3 Å². The summed E-state index contributed by atoms with van der Waals surface area (Å²) in [6.07, 6.45) is 2.96. The summed E-state index contributed by atoms with van der Waals surface area (Å²) in [5.74, 6) is -0.209. The summed E-state index contributed by atoms with van der Waals surface area (Å²) in [6.45, 7) is 1.13. The molecular formula is C23H25ClN4O4S. The van der Waals surface area contributed by atoms with Gasteiger partial charge >= 0.3 is 0 Å². The van der Waals surface area contributed by atoms with E-state index in [0.29, 0.717) is 48.4 Å². The second-order valence-electron chi connectivity index (χ2n) is 8.03. The Morgan fingerprint density at radius 3 is 2.67 bits per heavy atom. The Hall–Kier alpha value is -2.88. The first kappa shape index (κ1) is 23.3. The van der Waals surface area contributed by atoms with Crippen molar-refractivity contribution in [1.82, 2.24) is 14.8 Å². The molecule has 33 heavy (non-hydrogen) atoms. The van der Waals surface area contributed by atoms with E-state index in [-0.39, 0.29) is 23.1 Å². The molecule has 0 spiro atoms. The monoisotopic (exact) mass is 488 g/mol. The summed E-state index contributed by atoms with van der Waals surface area (Å²) in [6, 6.07) is 13.4. The number of halogens is 1. The van der Waals surface area contributed by atoms with Gasteiger partial charge in [-0.15, -0.1) is 0 Å². The van der Waals surface area contributed by atoms with Crippen molar-refractivity contribution in [2.75, 3.05) is 19.6 Å². The van der Waals surface area contributed by atoms with E-state index in [1.165, 1.54) is 6.07 Å². The zero-order valence-electron chi connectivity index (χ0n) is 17.9. The van der Waals surface area contributed by atoms with Gasteiger partial charge in [0.15, 0.2) is 0 Å². The molecular weight excluding hydrogens is 464 g/mol. The lowest BCUT2D eigenvalue weighted by Gasteiger charge is -2.27. The van der Waals surface area contributed by atoms with Crippen molar-refractivity contribution in [3.63, 3.8) is 0 Å². The van der Waals surface area contributed by atoms with Gasteiger partial charge in [0.2, 0.25) is 21.8 Å². The molecule has 4 rings (SSSR count). The number of carbonyl (C=O) groups is 2. The number of sulfonamides is 1. The van der Waals surface area contributed by atoms with Crippen molar-refractivity contribution in [3.8, 4) is 0 Å². The standard InChI is InChI=1S/C23H25ClN4O4S/c24-18-5-2-1-4-16(18)8-9-20(23(30)27-13-11-22(29)26-12-15-27)28-14-10-17-19(28)6-3-7-21(17)33(25,31)32/h1-7,10,14,20H,8-9,11-13,15H2,(H,26,29)(H2,25,31,32). The molecule has 1 aliphatic heterocycles. The largest absolute Gasteiger partial charge is 0.354 e. The highest BCUT2D eigenvalue weighted by Crippen LogP contribution is 2.30. The lowest BCUT2D eigenvalue weighted by molar-refractivity contribution is -0.134. The molecule has 0 aliphatic carbocycles. The van der Waals surface area contributed by atoms with Crippen LogP contribution in [0.1, 0.15) is 24.4 Å². The highest BCUT2D eigenvalue weighted by Gasteiger charge is 2.29. The smallest absolute Gasteiger partial charge is 0.245 e. The molecule has 3 aromatic rings. The fraction of sp³-hybridized carbons (Fsp3) is 0.304. The normalized spacial score (nSPS) is 15.8. The third-order valence-corrected chi connectivity index (χ3v) is 7.26. The number of fused-ring (bicyclic) bond motifs is 1. The molecule has 1 aromatic heterocycles. The Morgan fingerprint density at radius 1 is 1.12 bits per heavy atom. The number of nitrogens with two attached hydrogens (primary N) is 1. The molecule has 0 saturated carbocycles. The van der Waals surface area contributed by atoms with Crippen molar-refractivity contribution >= 4 is 44.3 Å².